The van der Waals surface area contributed by atoms with Crippen LogP contribution in [0.15, 0.2) is 12.1 Å². The Morgan fingerprint density at radius 3 is 2.89 bits per heavy atom. The Balaban J connectivity index is 2.10. The third-order valence-corrected chi connectivity index (χ3v) is 3.98. The third-order valence-electron chi connectivity index (χ3n) is 3.69. The number of nitrogens with zero attached hydrogens (tertiary/aromatic N) is 1. The Labute approximate surface area is 114 Å². The molecule has 1 aromatic rings. The third kappa shape index (κ3) is 2.97. The molecule has 1 aliphatic rings. The van der Waals surface area contributed by atoms with Gasteiger partial charge in [-0.05, 0) is 50.2 Å². The van der Waals surface area contributed by atoms with Gasteiger partial charge in [0, 0.05) is 19.1 Å². The second kappa shape index (κ2) is 5.91. The van der Waals surface area contributed by atoms with Crippen LogP contribution in [0.4, 0.5) is 0 Å². The van der Waals surface area contributed by atoms with E-state index >= 15 is 0 Å². The Hall–Kier alpha value is -0.770. The molecule has 1 saturated heterocycles. The van der Waals surface area contributed by atoms with E-state index in [4.69, 9.17) is 16.3 Å². The molecular weight excluding hydrogens is 248 g/mol. The summed E-state index contributed by atoms with van der Waals surface area (Å²) in [5.41, 5.74) is 2.50. The molecule has 2 rings (SSSR count). The molecule has 1 unspecified atom stereocenters. The van der Waals surface area contributed by atoms with E-state index in [1.54, 1.807) is 7.11 Å². The van der Waals surface area contributed by atoms with Crippen molar-refractivity contribution in [3.63, 3.8) is 0 Å². The number of benzene rings is 1. The van der Waals surface area contributed by atoms with Crippen LogP contribution in [-0.4, -0.2) is 38.2 Å². The van der Waals surface area contributed by atoms with Gasteiger partial charge in [-0.25, -0.2) is 0 Å². The molecule has 0 aromatic heterocycles. The average molecular weight is 269 g/mol. The molecule has 0 radical (unpaired) electrons. The number of likely N-dealkylation sites (N-methyl/N-ethyl adjacent to an activating group) is 1. The normalized spacial score (nSPS) is 19.5. The van der Waals surface area contributed by atoms with Crippen molar-refractivity contribution in [1.82, 2.24) is 10.2 Å². The van der Waals surface area contributed by atoms with Gasteiger partial charge in [0.15, 0.2) is 0 Å². The highest BCUT2D eigenvalue weighted by atomic mass is 35.5. The summed E-state index contributed by atoms with van der Waals surface area (Å²) in [6.07, 6.45) is 1.22. The first-order chi connectivity index (χ1) is 8.61. The number of aryl methyl sites for hydroxylation is 1. The smallest absolute Gasteiger partial charge is 0.137 e. The molecule has 0 saturated carbocycles. The summed E-state index contributed by atoms with van der Waals surface area (Å²) in [7, 11) is 3.83. The fourth-order valence-electron chi connectivity index (χ4n) is 2.44. The summed E-state index contributed by atoms with van der Waals surface area (Å²) in [6, 6.07) is 4.66. The minimum absolute atomic E-state index is 0.630. The van der Waals surface area contributed by atoms with E-state index in [1.165, 1.54) is 17.5 Å². The predicted octanol–water partition coefficient (Wildman–Crippen LogP) is 2.45. The molecule has 1 heterocycles. The monoisotopic (exact) mass is 268 g/mol. The summed E-state index contributed by atoms with van der Waals surface area (Å²) >= 11 is 6.19. The molecule has 1 fully saturated rings. The fourth-order valence-corrected chi connectivity index (χ4v) is 2.70. The van der Waals surface area contributed by atoms with Crippen molar-refractivity contribution in [1.29, 1.82) is 0 Å². The van der Waals surface area contributed by atoms with E-state index in [0.717, 1.165) is 25.4 Å². The van der Waals surface area contributed by atoms with Crippen LogP contribution in [0.2, 0.25) is 5.02 Å². The molecule has 1 N–H and O–H groups in total. The highest BCUT2D eigenvalue weighted by molar-refractivity contribution is 6.32. The van der Waals surface area contributed by atoms with Gasteiger partial charge in [0.25, 0.3) is 0 Å². The fraction of sp³-hybridized carbons (Fsp3) is 0.571. The van der Waals surface area contributed by atoms with Gasteiger partial charge < -0.3 is 10.1 Å². The Morgan fingerprint density at radius 1 is 1.50 bits per heavy atom. The van der Waals surface area contributed by atoms with Crippen molar-refractivity contribution in [2.75, 3.05) is 27.2 Å². The van der Waals surface area contributed by atoms with Gasteiger partial charge in [0.05, 0.1) is 12.1 Å². The summed E-state index contributed by atoms with van der Waals surface area (Å²) in [6.45, 7) is 5.24. The van der Waals surface area contributed by atoms with Gasteiger partial charge in [0.2, 0.25) is 0 Å². The molecule has 1 aliphatic heterocycles. The van der Waals surface area contributed by atoms with Gasteiger partial charge in [-0.1, -0.05) is 11.6 Å². The van der Waals surface area contributed by atoms with E-state index in [2.05, 4.69) is 24.2 Å². The number of ether oxygens (including phenoxy) is 1. The van der Waals surface area contributed by atoms with Crippen molar-refractivity contribution in [2.45, 2.75) is 25.9 Å². The number of halogens is 1. The number of hydrogen-bond donors (Lipinski definition) is 1. The Bertz CT molecular complexity index is 417. The zero-order valence-corrected chi connectivity index (χ0v) is 12.0. The molecular formula is C14H21ClN2O. The number of nitrogens with one attached hydrogen (secondary N) is 1. The van der Waals surface area contributed by atoms with Crippen LogP contribution in [0.3, 0.4) is 0 Å². The number of methoxy groups -OCH3 is 1. The molecule has 18 heavy (non-hydrogen) atoms. The van der Waals surface area contributed by atoms with Gasteiger partial charge in [-0.3, -0.25) is 4.90 Å². The zero-order chi connectivity index (χ0) is 13.1. The lowest BCUT2D eigenvalue weighted by molar-refractivity contribution is 0.248. The van der Waals surface area contributed by atoms with Crippen LogP contribution < -0.4 is 10.1 Å². The summed E-state index contributed by atoms with van der Waals surface area (Å²) in [4.78, 5) is 2.39. The molecule has 0 spiro atoms. The largest absolute Gasteiger partial charge is 0.495 e. The molecule has 4 heteroatoms. The molecule has 0 bridgehead atoms. The van der Waals surface area contributed by atoms with Crippen molar-refractivity contribution >= 4 is 11.6 Å². The van der Waals surface area contributed by atoms with Gasteiger partial charge in [-0.15, -0.1) is 0 Å². The highest BCUT2D eigenvalue weighted by Crippen LogP contribution is 2.28. The molecule has 0 aliphatic carbocycles. The summed E-state index contributed by atoms with van der Waals surface area (Å²) in [5.74, 6) is 0.753. The molecule has 1 aromatic carbocycles. The van der Waals surface area contributed by atoms with Gasteiger partial charge >= 0.3 is 0 Å². The number of hydrogen-bond acceptors (Lipinski definition) is 3. The van der Waals surface area contributed by atoms with E-state index < -0.39 is 0 Å². The lowest BCUT2D eigenvalue weighted by Crippen LogP contribution is -2.33. The first kappa shape index (κ1) is 13.7. The van der Waals surface area contributed by atoms with Crippen LogP contribution >= 0.6 is 11.6 Å². The van der Waals surface area contributed by atoms with Gasteiger partial charge in [-0.2, -0.15) is 0 Å². The quantitative estimate of drug-likeness (QED) is 0.908. The maximum absolute atomic E-state index is 6.19. The van der Waals surface area contributed by atoms with Gasteiger partial charge in [0.1, 0.15) is 5.75 Å². The minimum atomic E-state index is 0.630. The second-order valence-electron chi connectivity index (χ2n) is 4.97. The maximum atomic E-state index is 6.19. The maximum Gasteiger partial charge on any atom is 0.137 e. The predicted molar refractivity (Wildman–Crippen MR) is 75.5 cm³/mol. The lowest BCUT2D eigenvalue weighted by Gasteiger charge is -2.24. The van der Waals surface area contributed by atoms with E-state index in [0.29, 0.717) is 11.1 Å². The van der Waals surface area contributed by atoms with Crippen molar-refractivity contribution in [2.24, 2.45) is 0 Å². The number of rotatable bonds is 4. The molecule has 3 nitrogen and oxygen atoms in total. The van der Waals surface area contributed by atoms with Crippen LogP contribution in [-0.2, 0) is 6.54 Å². The van der Waals surface area contributed by atoms with E-state index in [9.17, 15) is 0 Å². The second-order valence-corrected chi connectivity index (χ2v) is 5.38. The van der Waals surface area contributed by atoms with Crippen molar-refractivity contribution < 1.29 is 4.74 Å². The first-order valence-electron chi connectivity index (χ1n) is 6.35. The molecule has 100 valence electrons. The highest BCUT2D eigenvalue weighted by Gasteiger charge is 2.19. The Morgan fingerprint density at radius 2 is 2.28 bits per heavy atom. The summed E-state index contributed by atoms with van der Waals surface area (Å²) in [5, 5.41) is 4.09. The standard InChI is InChI=1S/C14H21ClN2O/c1-10-6-14(18-3)13(15)7-11(10)9-17(2)12-4-5-16-8-12/h6-7,12,16H,4-5,8-9H2,1-3H3. The van der Waals surface area contributed by atoms with Crippen LogP contribution in [0.1, 0.15) is 17.5 Å². The first-order valence-corrected chi connectivity index (χ1v) is 6.73. The average Bonchev–Trinajstić information content (AvgIpc) is 2.87. The van der Waals surface area contributed by atoms with Crippen LogP contribution in [0.5, 0.6) is 5.75 Å². The topological polar surface area (TPSA) is 24.5 Å². The molecule has 0 amide bonds. The summed E-state index contributed by atoms with van der Waals surface area (Å²) < 4.78 is 5.23. The van der Waals surface area contributed by atoms with Crippen LogP contribution in [0, 0.1) is 6.92 Å². The van der Waals surface area contributed by atoms with Crippen molar-refractivity contribution in [3.05, 3.63) is 28.3 Å². The van der Waals surface area contributed by atoms with Crippen molar-refractivity contribution in [3.8, 4) is 5.75 Å². The minimum Gasteiger partial charge on any atom is -0.495 e. The molecule has 1 atom stereocenters. The Kier molecular flexibility index (Phi) is 4.49. The SMILES string of the molecule is COc1cc(C)c(CN(C)C2CCNC2)cc1Cl. The zero-order valence-electron chi connectivity index (χ0n) is 11.3. The van der Waals surface area contributed by atoms with E-state index in [-0.39, 0.29) is 0 Å². The van der Waals surface area contributed by atoms with Crippen LogP contribution in [0.25, 0.3) is 0 Å². The van der Waals surface area contributed by atoms with E-state index in [1.807, 2.05) is 12.1 Å². The lowest BCUT2D eigenvalue weighted by atomic mass is 10.1.